The van der Waals surface area contributed by atoms with Crippen LogP contribution >= 0.6 is 0 Å². The molecule has 2 heterocycles. The van der Waals surface area contributed by atoms with E-state index in [1.807, 2.05) is 12.1 Å². The number of pyridine rings is 1. The summed E-state index contributed by atoms with van der Waals surface area (Å²) in [7, 11) is 1.58. The fraction of sp³-hybridized carbons (Fsp3) is 0.500. The fourth-order valence-corrected chi connectivity index (χ4v) is 1.90. The number of carbonyl (C=O) groups excluding carboxylic acids is 1. The van der Waals surface area contributed by atoms with Gasteiger partial charge in [0.25, 0.3) is 0 Å². The van der Waals surface area contributed by atoms with Crippen LogP contribution in [0.25, 0.3) is 0 Å². The molecule has 18 heavy (non-hydrogen) atoms. The van der Waals surface area contributed by atoms with Gasteiger partial charge in [-0.1, -0.05) is 6.07 Å². The van der Waals surface area contributed by atoms with Crippen LogP contribution in [0.4, 0.5) is 0 Å². The van der Waals surface area contributed by atoms with Gasteiger partial charge in [-0.05, 0) is 5.56 Å². The molecule has 1 atom stereocenters. The quantitative estimate of drug-likeness (QED) is 0.800. The third-order valence-electron chi connectivity index (χ3n) is 2.88. The number of nitrogens with two attached hydrogens (primary N) is 1. The van der Waals surface area contributed by atoms with Crippen molar-refractivity contribution >= 4 is 5.91 Å². The average molecular weight is 251 g/mol. The van der Waals surface area contributed by atoms with Gasteiger partial charge in [0.1, 0.15) is 6.10 Å². The van der Waals surface area contributed by atoms with Crippen molar-refractivity contribution in [2.75, 3.05) is 26.8 Å². The molecule has 1 aliphatic rings. The van der Waals surface area contributed by atoms with Crippen LogP contribution in [0.15, 0.2) is 18.3 Å². The van der Waals surface area contributed by atoms with E-state index < -0.39 is 12.0 Å². The molecule has 2 N–H and O–H groups in total. The van der Waals surface area contributed by atoms with Gasteiger partial charge < -0.3 is 15.2 Å². The molecule has 2 rings (SSSR count). The summed E-state index contributed by atoms with van der Waals surface area (Å²) >= 11 is 0. The summed E-state index contributed by atoms with van der Waals surface area (Å²) in [5, 5.41) is 0. The molecule has 1 aliphatic heterocycles. The van der Waals surface area contributed by atoms with Crippen LogP contribution < -0.4 is 10.5 Å². The Morgan fingerprint density at radius 2 is 2.50 bits per heavy atom. The Labute approximate surface area is 106 Å². The Bertz CT molecular complexity index is 408. The van der Waals surface area contributed by atoms with Gasteiger partial charge in [-0.25, -0.2) is 4.98 Å². The van der Waals surface area contributed by atoms with Crippen LogP contribution in [-0.2, 0) is 16.1 Å². The first kappa shape index (κ1) is 12.8. The highest BCUT2D eigenvalue weighted by atomic mass is 16.5. The molecular formula is C12H17N3O3. The zero-order chi connectivity index (χ0) is 13.0. The number of amides is 1. The molecule has 0 radical (unpaired) electrons. The number of methoxy groups -OCH3 is 1. The van der Waals surface area contributed by atoms with Crippen molar-refractivity contribution in [2.45, 2.75) is 12.6 Å². The average Bonchev–Trinajstić information content (AvgIpc) is 2.40. The predicted octanol–water partition coefficient (Wildman–Crippen LogP) is -0.224. The van der Waals surface area contributed by atoms with E-state index in [0.29, 0.717) is 19.0 Å². The maximum atomic E-state index is 11.1. The zero-order valence-corrected chi connectivity index (χ0v) is 10.3. The minimum absolute atomic E-state index is 0.410. The van der Waals surface area contributed by atoms with Crippen molar-refractivity contribution in [3.63, 3.8) is 0 Å². The summed E-state index contributed by atoms with van der Waals surface area (Å²) in [5.74, 6) is 0.184. The smallest absolute Gasteiger partial charge is 0.247 e. The maximum Gasteiger partial charge on any atom is 0.247 e. The molecule has 1 aromatic heterocycles. The van der Waals surface area contributed by atoms with Crippen molar-refractivity contribution in [3.05, 3.63) is 23.9 Å². The molecule has 1 saturated heterocycles. The lowest BCUT2D eigenvalue weighted by atomic mass is 10.2. The largest absolute Gasteiger partial charge is 0.481 e. The lowest BCUT2D eigenvalue weighted by Gasteiger charge is -2.31. The van der Waals surface area contributed by atoms with Crippen LogP contribution in [0.5, 0.6) is 5.88 Å². The standard InChI is InChI=1S/C12H17N3O3/c1-17-11-3-2-9(6-14-11)7-15-4-5-18-10(8-15)12(13)16/h2-3,6,10H,4-5,7-8H2,1H3,(H2,13,16). The molecular weight excluding hydrogens is 234 g/mol. The Kier molecular flexibility index (Phi) is 4.11. The van der Waals surface area contributed by atoms with E-state index in [0.717, 1.165) is 18.7 Å². The second-order valence-corrected chi connectivity index (χ2v) is 4.21. The summed E-state index contributed by atoms with van der Waals surface area (Å²) in [6.45, 7) is 2.57. The maximum absolute atomic E-state index is 11.1. The van der Waals surface area contributed by atoms with Crippen LogP contribution in [0, 0.1) is 0 Å². The number of hydrogen-bond acceptors (Lipinski definition) is 5. The molecule has 1 aromatic rings. The van der Waals surface area contributed by atoms with Gasteiger partial charge in [-0.2, -0.15) is 0 Å². The summed E-state index contributed by atoms with van der Waals surface area (Å²) in [5.41, 5.74) is 6.31. The first-order chi connectivity index (χ1) is 8.69. The highest BCUT2D eigenvalue weighted by molar-refractivity contribution is 5.79. The number of aromatic nitrogens is 1. The van der Waals surface area contributed by atoms with Crippen molar-refractivity contribution in [1.82, 2.24) is 9.88 Å². The van der Waals surface area contributed by atoms with Crippen LogP contribution in [-0.4, -0.2) is 48.7 Å². The zero-order valence-electron chi connectivity index (χ0n) is 10.3. The van der Waals surface area contributed by atoms with E-state index in [-0.39, 0.29) is 0 Å². The minimum Gasteiger partial charge on any atom is -0.481 e. The number of rotatable bonds is 4. The topological polar surface area (TPSA) is 77.7 Å². The number of ether oxygens (including phenoxy) is 2. The second-order valence-electron chi connectivity index (χ2n) is 4.21. The monoisotopic (exact) mass is 251 g/mol. The van der Waals surface area contributed by atoms with Crippen molar-refractivity contribution in [2.24, 2.45) is 5.73 Å². The van der Waals surface area contributed by atoms with Gasteiger partial charge in [0.2, 0.25) is 11.8 Å². The summed E-state index contributed by atoms with van der Waals surface area (Å²) < 4.78 is 10.3. The molecule has 1 unspecified atom stereocenters. The number of nitrogens with zero attached hydrogens (tertiary/aromatic N) is 2. The molecule has 0 spiro atoms. The molecule has 1 amide bonds. The summed E-state index contributed by atoms with van der Waals surface area (Å²) in [6.07, 6.45) is 1.26. The van der Waals surface area contributed by atoms with E-state index in [2.05, 4.69) is 9.88 Å². The van der Waals surface area contributed by atoms with E-state index >= 15 is 0 Å². The van der Waals surface area contributed by atoms with Crippen molar-refractivity contribution in [3.8, 4) is 5.88 Å². The number of primary amides is 1. The van der Waals surface area contributed by atoms with Crippen molar-refractivity contribution in [1.29, 1.82) is 0 Å². The Morgan fingerprint density at radius 1 is 1.67 bits per heavy atom. The lowest BCUT2D eigenvalue weighted by molar-refractivity contribution is -0.135. The highest BCUT2D eigenvalue weighted by Crippen LogP contribution is 2.12. The van der Waals surface area contributed by atoms with E-state index in [9.17, 15) is 4.79 Å². The number of morpholine rings is 1. The molecule has 98 valence electrons. The Balaban J connectivity index is 1.93. The molecule has 0 saturated carbocycles. The molecule has 0 aliphatic carbocycles. The van der Waals surface area contributed by atoms with Gasteiger partial charge in [-0.3, -0.25) is 9.69 Å². The van der Waals surface area contributed by atoms with E-state index in [1.54, 1.807) is 13.3 Å². The first-order valence-electron chi connectivity index (χ1n) is 5.81. The molecule has 0 aromatic carbocycles. The second kappa shape index (κ2) is 5.79. The van der Waals surface area contributed by atoms with Gasteiger partial charge >= 0.3 is 0 Å². The van der Waals surface area contributed by atoms with E-state index in [1.165, 1.54) is 0 Å². The Morgan fingerprint density at radius 3 is 3.11 bits per heavy atom. The highest BCUT2D eigenvalue weighted by Gasteiger charge is 2.24. The third-order valence-corrected chi connectivity index (χ3v) is 2.88. The minimum atomic E-state index is -0.509. The molecule has 6 heteroatoms. The van der Waals surface area contributed by atoms with E-state index in [4.69, 9.17) is 15.2 Å². The SMILES string of the molecule is COc1ccc(CN2CCOC(C(N)=O)C2)cn1. The number of carbonyl (C=O) groups is 1. The van der Waals surface area contributed by atoms with Crippen LogP contribution in [0.1, 0.15) is 5.56 Å². The fourth-order valence-electron chi connectivity index (χ4n) is 1.90. The third kappa shape index (κ3) is 3.18. The van der Waals surface area contributed by atoms with Crippen LogP contribution in [0.3, 0.4) is 0 Å². The van der Waals surface area contributed by atoms with Gasteiger partial charge in [-0.15, -0.1) is 0 Å². The van der Waals surface area contributed by atoms with Gasteiger partial charge in [0, 0.05) is 31.9 Å². The Hall–Kier alpha value is -1.66. The van der Waals surface area contributed by atoms with Gasteiger partial charge in [0.15, 0.2) is 0 Å². The summed E-state index contributed by atoms with van der Waals surface area (Å²) in [6, 6.07) is 3.78. The predicted molar refractivity (Wildman–Crippen MR) is 65.0 cm³/mol. The van der Waals surface area contributed by atoms with Gasteiger partial charge in [0.05, 0.1) is 13.7 Å². The molecule has 0 bridgehead atoms. The molecule has 6 nitrogen and oxygen atoms in total. The molecule has 1 fully saturated rings. The summed E-state index contributed by atoms with van der Waals surface area (Å²) in [4.78, 5) is 17.3. The normalized spacial score (nSPS) is 20.6. The number of hydrogen-bond donors (Lipinski definition) is 1. The van der Waals surface area contributed by atoms with Crippen LogP contribution in [0.2, 0.25) is 0 Å². The first-order valence-corrected chi connectivity index (χ1v) is 5.81. The lowest BCUT2D eigenvalue weighted by Crippen LogP contribution is -2.47. The van der Waals surface area contributed by atoms with Crippen molar-refractivity contribution < 1.29 is 14.3 Å².